The minimum Gasteiger partial charge on any atom is -0.464 e. The predicted octanol–water partition coefficient (Wildman–Crippen LogP) is 2.73. The van der Waals surface area contributed by atoms with Crippen LogP contribution in [0.15, 0.2) is 24.3 Å². The molecule has 0 unspecified atom stereocenters. The highest BCUT2D eigenvalue weighted by Crippen LogP contribution is 2.27. The van der Waals surface area contributed by atoms with Crippen molar-refractivity contribution in [3.63, 3.8) is 0 Å². The fraction of sp³-hybridized carbons (Fsp3) is 0.364. The molecule has 0 radical (unpaired) electrons. The summed E-state index contributed by atoms with van der Waals surface area (Å²) in [6.07, 6.45) is 0.871. The Balaban J connectivity index is 2.42. The molecule has 1 aromatic rings. The van der Waals surface area contributed by atoms with E-state index in [1.807, 2.05) is 32.0 Å². The molecule has 0 atom stereocenters. The smallest absolute Gasteiger partial charge is 0.261 e. The lowest BCUT2D eigenvalue weighted by Crippen LogP contribution is -2.29. The number of anilines is 1. The Morgan fingerprint density at radius 2 is 2.07 bits per heavy atom. The van der Waals surface area contributed by atoms with Crippen LogP contribution in [0, 0.1) is 0 Å². The molecule has 2 rings (SSSR count). The Hall–Kier alpha value is -1.09. The topological polar surface area (TPSA) is 21.3 Å². The number of fused-ring (bicyclic) bond motifs is 1. The van der Waals surface area contributed by atoms with Crippen LogP contribution in [-0.2, 0) is 11.2 Å². The van der Waals surface area contributed by atoms with Gasteiger partial charge >= 0.3 is 0 Å². The highest BCUT2D eigenvalue weighted by molar-refractivity contribution is 7.80. The number of hydrogen-bond donors (Lipinski definition) is 1. The van der Waals surface area contributed by atoms with Crippen LogP contribution in [0.25, 0.3) is 0 Å². The van der Waals surface area contributed by atoms with Crippen molar-refractivity contribution in [2.45, 2.75) is 25.9 Å². The largest absolute Gasteiger partial charge is 0.464 e. The van der Waals surface area contributed by atoms with Gasteiger partial charge in [0, 0.05) is 12.1 Å². The zero-order valence-electron chi connectivity index (χ0n) is 8.33. The van der Waals surface area contributed by atoms with E-state index in [9.17, 15) is 0 Å². The Bertz CT molecular complexity index is 373. The maximum absolute atomic E-state index is 5.60. The van der Waals surface area contributed by atoms with E-state index in [1.54, 1.807) is 0 Å². The summed E-state index contributed by atoms with van der Waals surface area (Å²) in [5.74, 6) is 0. The number of thiocarbonyl (C=S) groups is 1. The van der Waals surface area contributed by atoms with E-state index in [0.717, 1.165) is 12.1 Å². The molecule has 14 heavy (non-hydrogen) atoms. The summed E-state index contributed by atoms with van der Waals surface area (Å²) in [6.45, 7) is 4.09. The average Bonchev–Trinajstić information content (AvgIpc) is 2.16. The molecule has 1 aromatic carbocycles. The number of nitrogens with one attached hydrogen (secondary N) is 1. The maximum atomic E-state index is 5.60. The van der Waals surface area contributed by atoms with Gasteiger partial charge in [-0.25, -0.2) is 0 Å². The summed E-state index contributed by atoms with van der Waals surface area (Å²) in [4.78, 5) is 0. The first-order chi connectivity index (χ1) is 6.57. The van der Waals surface area contributed by atoms with Gasteiger partial charge in [0.1, 0.15) is 5.60 Å². The molecule has 1 aliphatic rings. The van der Waals surface area contributed by atoms with Gasteiger partial charge in [0.15, 0.2) is 0 Å². The van der Waals surface area contributed by atoms with Gasteiger partial charge in [0.25, 0.3) is 5.17 Å². The number of ether oxygens (including phenoxy) is 1. The fourth-order valence-corrected chi connectivity index (χ4v) is 2.01. The van der Waals surface area contributed by atoms with Gasteiger partial charge in [-0.15, -0.1) is 0 Å². The second-order valence-electron chi connectivity index (χ2n) is 4.11. The predicted molar refractivity (Wildman–Crippen MR) is 61.5 cm³/mol. The summed E-state index contributed by atoms with van der Waals surface area (Å²) in [6, 6.07) is 8.14. The van der Waals surface area contributed by atoms with Crippen LogP contribution in [0.2, 0.25) is 0 Å². The standard InChI is InChI=1S/C11H13NOS/c1-11(2)7-8-5-3-4-6-9(8)12-10(14)13-11/h3-6H,7H2,1-2H3,(H,12,14). The Morgan fingerprint density at radius 1 is 1.36 bits per heavy atom. The second-order valence-corrected chi connectivity index (χ2v) is 4.48. The van der Waals surface area contributed by atoms with Crippen LogP contribution in [0.1, 0.15) is 19.4 Å². The minimum absolute atomic E-state index is 0.226. The number of para-hydroxylation sites is 1. The van der Waals surface area contributed by atoms with Crippen LogP contribution in [0.4, 0.5) is 5.69 Å². The molecule has 3 heteroatoms. The van der Waals surface area contributed by atoms with Crippen LogP contribution >= 0.6 is 12.2 Å². The van der Waals surface area contributed by atoms with E-state index >= 15 is 0 Å². The summed E-state index contributed by atoms with van der Waals surface area (Å²) in [5, 5.41) is 3.55. The molecule has 1 N–H and O–H groups in total. The summed E-state index contributed by atoms with van der Waals surface area (Å²) < 4.78 is 5.60. The van der Waals surface area contributed by atoms with Gasteiger partial charge in [-0.05, 0) is 37.7 Å². The van der Waals surface area contributed by atoms with Crippen molar-refractivity contribution in [2.24, 2.45) is 0 Å². The van der Waals surface area contributed by atoms with E-state index in [0.29, 0.717) is 5.17 Å². The lowest BCUT2D eigenvalue weighted by molar-refractivity contribution is 0.103. The van der Waals surface area contributed by atoms with Crippen molar-refractivity contribution < 1.29 is 4.74 Å². The van der Waals surface area contributed by atoms with Crippen LogP contribution in [0.3, 0.4) is 0 Å². The molecule has 0 bridgehead atoms. The highest BCUT2D eigenvalue weighted by Gasteiger charge is 2.26. The first-order valence-electron chi connectivity index (χ1n) is 4.65. The number of benzene rings is 1. The quantitative estimate of drug-likeness (QED) is 0.661. The van der Waals surface area contributed by atoms with E-state index in [1.165, 1.54) is 5.56 Å². The van der Waals surface area contributed by atoms with E-state index in [-0.39, 0.29) is 5.60 Å². The fourth-order valence-electron chi connectivity index (χ4n) is 1.68. The zero-order chi connectivity index (χ0) is 10.2. The zero-order valence-corrected chi connectivity index (χ0v) is 9.15. The van der Waals surface area contributed by atoms with E-state index in [2.05, 4.69) is 11.4 Å². The van der Waals surface area contributed by atoms with Crippen LogP contribution < -0.4 is 5.32 Å². The average molecular weight is 207 g/mol. The van der Waals surface area contributed by atoms with Crippen LogP contribution in [0.5, 0.6) is 0 Å². The lowest BCUT2D eigenvalue weighted by atomic mass is 9.98. The molecule has 0 spiro atoms. The molecular weight excluding hydrogens is 194 g/mol. The highest BCUT2D eigenvalue weighted by atomic mass is 32.1. The molecule has 2 nitrogen and oxygen atoms in total. The van der Waals surface area contributed by atoms with Gasteiger partial charge in [0.2, 0.25) is 0 Å². The third-order valence-corrected chi connectivity index (χ3v) is 2.42. The molecule has 74 valence electrons. The number of hydrogen-bond acceptors (Lipinski definition) is 2. The van der Waals surface area contributed by atoms with Crippen molar-refractivity contribution in [3.05, 3.63) is 29.8 Å². The molecule has 1 heterocycles. The summed E-state index contributed by atoms with van der Waals surface area (Å²) in [7, 11) is 0. The Morgan fingerprint density at radius 3 is 2.86 bits per heavy atom. The number of rotatable bonds is 0. The SMILES string of the molecule is CC1(C)Cc2ccccc2NC(=S)O1. The first-order valence-corrected chi connectivity index (χ1v) is 5.06. The summed E-state index contributed by atoms with van der Waals surface area (Å²) in [5.41, 5.74) is 2.08. The monoisotopic (exact) mass is 207 g/mol. The second kappa shape index (κ2) is 3.24. The maximum Gasteiger partial charge on any atom is 0.261 e. The third kappa shape index (κ3) is 1.87. The van der Waals surface area contributed by atoms with Crippen molar-refractivity contribution >= 4 is 23.1 Å². The van der Waals surface area contributed by atoms with E-state index < -0.39 is 0 Å². The third-order valence-electron chi connectivity index (χ3n) is 2.24. The normalized spacial score (nSPS) is 18.9. The Kier molecular flexibility index (Phi) is 2.19. The van der Waals surface area contributed by atoms with Crippen molar-refractivity contribution in [1.82, 2.24) is 0 Å². The van der Waals surface area contributed by atoms with Crippen molar-refractivity contribution in [2.75, 3.05) is 5.32 Å². The molecule has 0 aromatic heterocycles. The molecule has 0 amide bonds. The van der Waals surface area contributed by atoms with Gasteiger partial charge in [-0.2, -0.15) is 0 Å². The molecule has 0 aliphatic carbocycles. The Labute approximate surface area is 89.3 Å². The molecular formula is C11H13NOS. The van der Waals surface area contributed by atoms with Gasteiger partial charge in [-0.1, -0.05) is 18.2 Å². The molecule has 0 saturated carbocycles. The molecule has 0 fully saturated rings. The van der Waals surface area contributed by atoms with Crippen molar-refractivity contribution in [3.8, 4) is 0 Å². The van der Waals surface area contributed by atoms with Gasteiger partial charge < -0.3 is 10.1 Å². The lowest BCUT2D eigenvalue weighted by Gasteiger charge is -2.23. The van der Waals surface area contributed by atoms with Crippen molar-refractivity contribution in [1.29, 1.82) is 0 Å². The summed E-state index contributed by atoms with van der Waals surface area (Å²) >= 11 is 5.08. The van der Waals surface area contributed by atoms with Crippen LogP contribution in [-0.4, -0.2) is 10.8 Å². The van der Waals surface area contributed by atoms with Gasteiger partial charge in [-0.3, -0.25) is 0 Å². The minimum atomic E-state index is -0.226. The van der Waals surface area contributed by atoms with E-state index in [4.69, 9.17) is 17.0 Å². The van der Waals surface area contributed by atoms with Gasteiger partial charge in [0.05, 0.1) is 0 Å². The first kappa shape index (κ1) is 9.46. The molecule has 0 saturated heterocycles. The molecule has 1 aliphatic heterocycles.